The molecule has 0 spiro atoms. The van der Waals surface area contributed by atoms with Gasteiger partial charge in [-0.05, 0) is 25.0 Å². The number of amides is 1. The van der Waals surface area contributed by atoms with Gasteiger partial charge in [0.1, 0.15) is 0 Å². The molecule has 0 radical (unpaired) electrons. The van der Waals surface area contributed by atoms with Gasteiger partial charge in [-0.3, -0.25) is 4.79 Å². The highest BCUT2D eigenvalue weighted by Gasteiger charge is 2.30. The van der Waals surface area contributed by atoms with Crippen molar-refractivity contribution >= 4 is 40.7 Å². The highest BCUT2D eigenvalue weighted by molar-refractivity contribution is 6.53. The zero-order valence-corrected chi connectivity index (χ0v) is 14.4. The fraction of sp³-hybridized carbons (Fsp3) is 0.400. The molecule has 1 aliphatic heterocycles. The normalized spacial score (nSPS) is 18.4. The summed E-state index contributed by atoms with van der Waals surface area (Å²) in [6.07, 6.45) is 1.71. The summed E-state index contributed by atoms with van der Waals surface area (Å²) in [6.45, 7) is 1.12. The lowest BCUT2D eigenvalue weighted by Crippen LogP contribution is -2.41. The van der Waals surface area contributed by atoms with E-state index in [1.165, 1.54) is 0 Å². The maximum Gasteiger partial charge on any atom is 0.255 e. The molecule has 0 saturated carbocycles. The molecular formula is C15H14Cl3N3O2. The Bertz CT molecular complexity index is 705. The Morgan fingerprint density at radius 3 is 2.96 bits per heavy atom. The minimum absolute atomic E-state index is 0.0137. The van der Waals surface area contributed by atoms with Crippen molar-refractivity contribution in [2.45, 2.75) is 23.6 Å². The number of hydrogen-bond acceptors (Lipinski definition) is 4. The molecule has 1 fully saturated rings. The van der Waals surface area contributed by atoms with Crippen molar-refractivity contribution < 1.29 is 9.32 Å². The molecule has 1 saturated heterocycles. The van der Waals surface area contributed by atoms with Crippen LogP contribution in [-0.4, -0.2) is 38.9 Å². The summed E-state index contributed by atoms with van der Waals surface area (Å²) in [5.74, 6) is 0.699. The first-order valence-electron chi connectivity index (χ1n) is 7.21. The van der Waals surface area contributed by atoms with Crippen LogP contribution in [0.4, 0.5) is 0 Å². The van der Waals surface area contributed by atoms with Crippen LogP contribution >= 0.6 is 34.8 Å². The molecular weight excluding hydrogens is 361 g/mol. The fourth-order valence-electron chi connectivity index (χ4n) is 2.66. The number of nitrogens with zero attached hydrogens (tertiary/aromatic N) is 3. The molecule has 0 aliphatic carbocycles. The van der Waals surface area contributed by atoms with Crippen LogP contribution in [0.5, 0.6) is 0 Å². The van der Waals surface area contributed by atoms with Crippen LogP contribution in [0.3, 0.4) is 0 Å². The number of likely N-dealkylation sites (tertiary alicyclic amines) is 1. The maximum absolute atomic E-state index is 11.9. The molecule has 1 aliphatic rings. The van der Waals surface area contributed by atoms with Crippen LogP contribution in [0.15, 0.2) is 28.8 Å². The third kappa shape index (κ3) is 3.79. The van der Waals surface area contributed by atoms with Crippen LogP contribution < -0.4 is 0 Å². The van der Waals surface area contributed by atoms with Crippen LogP contribution in [0, 0.1) is 0 Å². The van der Waals surface area contributed by atoms with Gasteiger partial charge in [0, 0.05) is 23.7 Å². The molecule has 8 heteroatoms. The van der Waals surface area contributed by atoms with Crippen molar-refractivity contribution in [1.82, 2.24) is 15.0 Å². The predicted octanol–water partition coefficient (Wildman–Crippen LogP) is 3.90. The summed E-state index contributed by atoms with van der Waals surface area (Å²) in [5, 5.41) is 4.62. The predicted molar refractivity (Wildman–Crippen MR) is 88.8 cm³/mol. The van der Waals surface area contributed by atoms with Gasteiger partial charge in [0.25, 0.3) is 5.91 Å². The number of halogens is 3. The number of hydrogen-bond donors (Lipinski definition) is 0. The van der Waals surface area contributed by atoms with E-state index in [1.54, 1.807) is 17.0 Å². The Labute approximate surface area is 148 Å². The Kier molecular flexibility index (Phi) is 5.09. The van der Waals surface area contributed by atoms with Crippen LogP contribution in [0.1, 0.15) is 24.7 Å². The Morgan fingerprint density at radius 2 is 2.22 bits per heavy atom. The quantitative estimate of drug-likeness (QED) is 0.765. The van der Waals surface area contributed by atoms with E-state index in [0.717, 1.165) is 18.4 Å². The van der Waals surface area contributed by atoms with E-state index in [-0.39, 0.29) is 11.8 Å². The Hall–Kier alpha value is -1.30. The molecule has 0 bridgehead atoms. The Balaban J connectivity index is 1.76. The number of alkyl halides is 2. The van der Waals surface area contributed by atoms with Gasteiger partial charge in [0.15, 0.2) is 4.84 Å². The zero-order chi connectivity index (χ0) is 16.4. The minimum Gasteiger partial charge on any atom is -0.340 e. The summed E-state index contributed by atoms with van der Waals surface area (Å²) in [4.78, 5) is 17.0. The molecule has 122 valence electrons. The van der Waals surface area contributed by atoms with Gasteiger partial charge in [0.2, 0.25) is 11.7 Å². The number of piperidine rings is 1. The fourth-order valence-corrected chi connectivity index (χ4v) is 3.13. The molecule has 1 aromatic carbocycles. The third-order valence-electron chi connectivity index (χ3n) is 3.79. The average Bonchev–Trinajstić information content (AvgIpc) is 3.04. The van der Waals surface area contributed by atoms with Crippen molar-refractivity contribution in [3.05, 3.63) is 35.2 Å². The van der Waals surface area contributed by atoms with Crippen molar-refractivity contribution in [2.75, 3.05) is 13.1 Å². The lowest BCUT2D eigenvalue weighted by atomic mass is 9.98. The number of benzene rings is 1. The van der Waals surface area contributed by atoms with E-state index in [4.69, 9.17) is 39.3 Å². The Morgan fingerprint density at radius 1 is 1.39 bits per heavy atom. The second-order valence-electron chi connectivity index (χ2n) is 5.39. The third-order valence-corrected chi connectivity index (χ3v) is 4.40. The number of carbonyl (C=O) groups excluding carboxylic acids is 1. The van der Waals surface area contributed by atoms with Gasteiger partial charge in [-0.15, -0.1) is 0 Å². The standard InChI is InChI=1S/C15H14Cl3N3O2/c16-11-5-1-3-9(7-11)13-19-14(23-20-13)10-4-2-6-21(8-10)15(22)12(17)18/h1,3,5,7,10,12H,2,4,6,8H2. The molecule has 1 atom stereocenters. The molecule has 5 nitrogen and oxygen atoms in total. The monoisotopic (exact) mass is 373 g/mol. The zero-order valence-electron chi connectivity index (χ0n) is 12.1. The lowest BCUT2D eigenvalue weighted by molar-refractivity contribution is -0.130. The van der Waals surface area contributed by atoms with E-state index in [2.05, 4.69) is 10.1 Å². The molecule has 23 heavy (non-hydrogen) atoms. The highest BCUT2D eigenvalue weighted by atomic mass is 35.5. The van der Waals surface area contributed by atoms with Gasteiger partial charge in [0.05, 0.1) is 5.92 Å². The molecule has 0 N–H and O–H groups in total. The van der Waals surface area contributed by atoms with E-state index in [1.807, 2.05) is 12.1 Å². The molecule has 1 aromatic heterocycles. The number of rotatable bonds is 3. The van der Waals surface area contributed by atoms with E-state index >= 15 is 0 Å². The first kappa shape index (κ1) is 16.6. The van der Waals surface area contributed by atoms with E-state index < -0.39 is 4.84 Å². The molecule has 1 unspecified atom stereocenters. The van der Waals surface area contributed by atoms with Gasteiger partial charge in [-0.1, -0.05) is 52.1 Å². The molecule has 2 aromatic rings. The lowest BCUT2D eigenvalue weighted by Gasteiger charge is -2.31. The summed E-state index contributed by atoms with van der Waals surface area (Å²) >= 11 is 17.3. The molecule has 1 amide bonds. The summed E-state index contributed by atoms with van der Waals surface area (Å²) < 4.78 is 5.38. The number of carbonyl (C=O) groups is 1. The van der Waals surface area contributed by atoms with Crippen molar-refractivity contribution in [3.63, 3.8) is 0 Å². The van der Waals surface area contributed by atoms with Crippen LogP contribution in [-0.2, 0) is 4.79 Å². The van der Waals surface area contributed by atoms with Crippen molar-refractivity contribution in [1.29, 1.82) is 0 Å². The van der Waals surface area contributed by atoms with Gasteiger partial charge >= 0.3 is 0 Å². The second-order valence-corrected chi connectivity index (χ2v) is 6.92. The van der Waals surface area contributed by atoms with Crippen LogP contribution in [0.25, 0.3) is 11.4 Å². The van der Waals surface area contributed by atoms with E-state index in [9.17, 15) is 4.79 Å². The van der Waals surface area contributed by atoms with Gasteiger partial charge < -0.3 is 9.42 Å². The van der Waals surface area contributed by atoms with Crippen molar-refractivity contribution in [2.24, 2.45) is 0 Å². The first-order chi connectivity index (χ1) is 11.0. The molecule has 2 heterocycles. The van der Waals surface area contributed by atoms with Crippen molar-refractivity contribution in [3.8, 4) is 11.4 Å². The topological polar surface area (TPSA) is 59.2 Å². The second kappa shape index (κ2) is 7.07. The maximum atomic E-state index is 11.9. The van der Waals surface area contributed by atoms with Gasteiger partial charge in [-0.25, -0.2) is 0 Å². The van der Waals surface area contributed by atoms with Gasteiger partial charge in [-0.2, -0.15) is 4.98 Å². The van der Waals surface area contributed by atoms with Crippen LogP contribution in [0.2, 0.25) is 5.02 Å². The highest BCUT2D eigenvalue weighted by Crippen LogP contribution is 2.29. The smallest absolute Gasteiger partial charge is 0.255 e. The van der Waals surface area contributed by atoms with E-state index in [0.29, 0.717) is 29.8 Å². The first-order valence-corrected chi connectivity index (χ1v) is 8.46. The summed E-state index contributed by atoms with van der Waals surface area (Å²) in [5.41, 5.74) is 0.790. The summed E-state index contributed by atoms with van der Waals surface area (Å²) in [7, 11) is 0. The SMILES string of the molecule is O=C(C(Cl)Cl)N1CCCC(c2nc(-c3cccc(Cl)c3)no2)C1. The number of aromatic nitrogens is 2. The largest absolute Gasteiger partial charge is 0.340 e. The minimum atomic E-state index is -1.04. The molecule has 3 rings (SSSR count). The summed E-state index contributed by atoms with van der Waals surface area (Å²) in [6, 6.07) is 7.25. The average molecular weight is 375 g/mol.